The van der Waals surface area contributed by atoms with E-state index < -0.39 is 11.7 Å². The van der Waals surface area contributed by atoms with Crippen LogP contribution in [-0.2, 0) is 6.18 Å². The van der Waals surface area contributed by atoms with Gasteiger partial charge in [0, 0.05) is 5.56 Å². The van der Waals surface area contributed by atoms with Crippen LogP contribution in [-0.4, -0.2) is 6.61 Å². The maximum Gasteiger partial charge on any atom is 0.417 e. The zero-order valence-corrected chi connectivity index (χ0v) is 9.76. The molecular weight excluding hydrogens is 241 g/mol. The lowest BCUT2D eigenvalue weighted by Crippen LogP contribution is -2.19. The third-order valence-electron chi connectivity index (χ3n) is 3.16. The summed E-state index contributed by atoms with van der Waals surface area (Å²) in [6.45, 7) is 0.479. The van der Waals surface area contributed by atoms with Crippen molar-refractivity contribution in [1.29, 1.82) is 0 Å². The summed E-state index contributed by atoms with van der Waals surface area (Å²) in [5, 5.41) is 0. The zero-order chi connectivity index (χ0) is 13.2. The number of ether oxygens (including phenoxy) is 1. The summed E-state index contributed by atoms with van der Waals surface area (Å²) in [7, 11) is 0. The average molecular weight is 254 g/mol. The lowest BCUT2D eigenvalue weighted by Gasteiger charge is -2.25. The van der Waals surface area contributed by atoms with E-state index in [0.717, 1.165) is 18.9 Å². The minimum atomic E-state index is -4.45. The number of rotatable bonds is 3. The van der Waals surface area contributed by atoms with Gasteiger partial charge < -0.3 is 4.74 Å². The number of hydrogen-bond acceptors (Lipinski definition) is 1. The lowest BCUT2D eigenvalue weighted by molar-refractivity contribution is -0.137. The van der Waals surface area contributed by atoms with Crippen molar-refractivity contribution in [1.82, 2.24) is 0 Å². The molecule has 0 heterocycles. The highest BCUT2D eigenvalue weighted by atomic mass is 19.4. The molecule has 0 atom stereocenters. The van der Waals surface area contributed by atoms with Gasteiger partial charge in [0.25, 0.3) is 0 Å². The maximum atomic E-state index is 12.7. The van der Waals surface area contributed by atoms with E-state index in [1.54, 1.807) is 0 Å². The fourth-order valence-corrected chi connectivity index (χ4v) is 1.85. The van der Waals surface area contributed by atoms with Gasteiger partial charge in [0.05, 0.1) is 12.2 Å². The van der Waals surface area contributed by atoms with Crippen LogP contribution in [0.4, 0.5) is 13.2 Å². The van der Waals surface area contributed by atoms with Crippen LogP contribution in [0.5, 0.6) is 5.75 Å². The van der Waals surface area contributed by atoms with Crippen LogP contribution in [0.3, 0.4) is 0 Å². The first-order chi connectivity index (χ1) is 8.50. The highest BCUT2D eigenvalue weighted by Gasteiger charge is 2.33. The van der Waals surface area contributed by atoms with Gasteiger partial charge in [-0.25, -0.2) is 0 Å². The molecule has 2 rings (SSSR count). The molecule has 1 nitrogen and oxygen atoms in total. The van der Waals surface area contributed by atoms with E-state index in [4.69, 9.17) is 11.2 Å². The Labute approximate surface area is 104 Å². The molecule has 18 heavy (non-hydrogen) atoms. The van der Waals surface area contributed by atoms with Gasteiger partial charge in [-0.15, -0.1) is 6.42 Å². The first-order valence-electron chi connectivity index (χ1n) is 5.81. The van der Waals surface area contributed by atoms with E-state index in [9.17, 15) is 13.2 Å². The summed E-state index contributed by atoms with van der Waals surface area (Å²) in [5.74, 6) is 2.75. The molecule has 1 aromatic rings. The van der Waals surface area contributed by atoms with Crippen molar-refractivity contribution in [3.63, 3.8) is 0 Å². The van der Waals surface area contributed by atoms with Gasteiger partial charge >= 0.3 is 6.18 Å². The van der Waals surface area contributed by atoms with Crippen LogP contribution in [0.15, 0.2) is 18.2 Å². The highest BCUT2D eigenvalue weighted by Crippen LogP contribution is 2.34. The van der Waals surface area contributed by atoms with Gasteiger partial charge in [-0.1, -0.05) is 12.3 Å². The normalized spacial score (nSPS) is 15.9. The predicted molar refractivity (Wildman–Crippen MR) is 62.2 cm³/mol. The van der Waals surface area contributed by atoms with Crippen molar-refractivity contribution in [2.24, 2.45) is 5.92 Å². The number of terminal acetylenes is 1. The van der Waals surface area contributed by atoms with Crippen molar-refractivity contribution < 1.29 is 17.9 Å². The summed E-state index contributed by atoms with van der Waals surface area (Å²) in [5.41, 5.74) is -0.963. The van der Waals surface area contributed by atoms with Crippen molar-refractivity contribution in [3.05, 3.63) is 29.3 Å². The topological polar surface area (TPSA) is 9.23 Å². The molecule has 0 saturated heterocycles. The predicted octanol–water partition coefficient (Wildman–Crippen LogP) is 3.87. The molecule has 1 fully saturated rings. The lowest BCUT2D eigenvalue weighted by atomic mass is 9.86. The summed E-state index contributed by atoms with van der Waals surface area (Å²) in [6.07, 6.45) is 3.97. The standard InChI is InChI=1S/C14H13F3O/c1-2-11-6-7-12(8-13(11)14(15,16)17)18-9-10-4-3-5-10/h1,6-8,10H,3-5,9H2. The average Bonchev–Trinajstić information content (AvgIpc) is 2.25. The van der Waals surface area contributed by atoms with Crippen LogP contribution in [0, 0.1) is 18.3 Å². The number of alkyl halides is 3. The Hall–Kier alpha value is -1.63. The second kappa shape index (κ2) is 4.93. The van der Waals surface area contributed by atoms with E-state index in [2.05, 4.69) is 0 Å². The molecule has 0 amide bonds. The van der Waals surface area contributed by atoms with E-state index in [-0.39, 0.29) is 11.3 Å². The molecule has 0 spiro atoms. The minimum absolute atomic E-state index is 0.154. The van der Waals surface area contributed by atoms with Gasteiger partial charge in [-0.2, -0.15) is 13.2 Å². The Morgan fingerprint density at radius 2 is 2.06 bits per heavy atom. The first-order valence-corrected chi connectivity index (χ1v) is 5.81. The van der Waals surface area contributed by atoms with E-state index in [1.807, 2.05) is 5.92 Å². The first kappa shape index (κ1) is 12.8. The Kier molecular flexibility index (Phi) is 3.51. The smallest absolute Gasteiger partial charge is 0.417 e. The Balaban J connectivity index is 2.14. The summed E-state index contributed by atoms with van der Waals surface area (Å²) < 4.78 is 43.6. The van der Waals surface area contributed by atoms with Crippen LogP contribution in [0.1, 0.15) is 30.4 Å². The van der Waals surface area contributed by atoms with Crippen molar-refractivity contribution in [2.75, 3.05) is 6.61 Å². The van der Waals surface area contributed by atoms with Gasteiger partial charge in [0.1, 0.15) is 5.75 Å². The van der Waals surface area contributed by atoms with Gasteiger partial charge in [-0.3, -0.25) is 0 Å². The molecule has 0 unspecified atom stereocenters. The van der Waals surface area contributed by atoms with Crippen molar-refractivity contribution in [3.8, 4) is 18.1 Å². The quantitative estimate of drug-likeness (QED) is 0.744. The molecular formula is C14H13F3O. The highest BCUT2D eigenvalue weighted by molar-refractivity contribution is 5.45. The van der Waals surface area contributed by atoms with Crippen LogP contribution in [0.2, 0.25) is 0 Å². The van der Waals surface area contributed by atoms with E-state index in [0.29, 0.717) is 12.5 Å². The molecule has 0 aliphatic heterocycles. The second-order valence-corrected chi connectivity index (χ2v) is 4.46. The largest absolute Gasteiger partial charge is 0.493 e. The Morgan fingerprint density at radius 1 is 1.33 bits per heavy atom. The molecule has 4 heteroatoms. The van der Waals surface area contributed by atoms with Crippen molar-refractivity contribution >= 4 is 0 Å². The van der Waals surface area contributed by atoms with E-state index in [1.165, 1.54) is 18.6 Å². The fraction of sp³-hybridized carbons (Fsp3) is 0.429. The molecule has 0 aromatic heterocycles. The maximum absolute atomic E-state index is 12.7. The van der Waals surface area contributed by atoms with Crippen LogP contribution >= 0.6 is 0 Å². The molecule has 0 radical (unpaired) electrons. The SMILES string of the molecule is C#Cc1ccc(OCC2CCC2)cc1C(F)(F)F. The molecule has 0 N–H and O–H groups in total. The summed E-state index contributed by atoms with van der Waals surface area (Å²) in [4.78, 5) is 0. The zero-order valence-electron chi connectivity index (χ0n) is 9.76. The Morgan fingerprint density at radius 3 is 2.56 bits per heavy atom. The van der Waals surface area contributed by atoms with Gasteiger partial charge in [0.2, 0.25) is 0 Å². The Bertz CT molecular complexity index is 467. The van der Waals surface area contributed by atoms with Gasteiger partial charge in [0.15, 0.2) is 0 Å². The monoisotopic (exact) mass is 254 g/mol. The molecule has 1 aliphatic rings. The second-order valence-electron chi connectivity index (χ2n) is 4.46. The minimum Gasteiger partial charge on any atom is -0.493 e. The molecule has 1 aliphatic carbocycles. The fourth-order valence-electron chi connectivity index (χ4n) is 1.85. The molecule has 1 saturated carbocycles. The van der Waals surface area contributed by atoms with Crippen LogP contribution in [0.25, 0.3) is 0 Å². The number of halogens is 3. The molecule has 0 bridgehead atoms. The van der Waals surface area contributed by atoms with Gasteiger partial charge in [-0.05, 0) is 37.0 Å². The molecule has 1 aromatic carbocycles. The summed E-state index contributed by atoms with van der Waals surface area (Å²) >= 11 is 0. The number of benzene rings is 1. The molecule has 96 valence electrons. The summed E-state index contributed by atoms with van der Waals surface area (Å²) in [6, 6.07) is 3.75. The third kappa shape index (κ3) is 2.79. The van der Waals surface area contributed by atoms with Crippen molar-refractivity contribution in [2.45, 2.75) is 25.4 Å². The van der Waals surface area contributed by atoms with Crippen LogP contribution < -0.4 is 4.74 Å². The van der Waals surface area contributed by atoms with E-state index >= 15 is 0 Å². The number of hydrogen-bond donors (Lipinski definition) is 0. The third-order valence-corrected chi connectivity index (χ3v) is 3.16.